The molecule has 2 heterocycles. The van der Waals surface area contributed by atoms with Crippen molar-refractivity contribution in [1.29, 1.82) is 0 Å². The highest BCUT2D eigenvalue weighted by Gasteiger charge is 2.22. The van der Waals surface area contributed by atoms with E-state index in [0.717, 1.165) is 37.5 Å². The lowest BCUT2D eigenvalue weighted by Gasteiger charge is -2.35. The van der Waals surface area contributed by atoms with Crippen LogP contribution >= 0.6 is 0 Å². The lowest BCUT2D eigenvalue weighted by molar-refractivity contribution is 0.180. The SMILES string of the molecule is COc1ccccc1/C=C/CN1CCNCC1c1cccnc1. The zero-order valence-electron chi connectivity index (χ0n) is 13.5. The lowest BCUT2D eigenvalue weighted by atomic mass is 10.1. The fourth-order valence-corrected chi connectivity index (χ4v) is 2.99. The Balaban J connectivity index is 1.69. The number of para-hydroxylation sites is 1. The summed E-state index contributed by atoms with van der Waals surface area (Å²) in [7, 11) is 1.71. The number of benzene rings is 1. The van der Waals surface area contributed by atoms with Crippen LogP contribution in [-0.2, 0) is 0 Å². The molecule has 1 atom stereocenters. The Morgan fingerprint density at radius 3 is 3.04 bits per heavy atom. The van der Waals surface area contributed by atoms with E-state index < -0.39 is 0 Å². The van der Waals surface area contributed by atoms with Gasteiger partial charge in [-0.2, -0.15) is 0 Å². The van der Waals surface area contributed by atoms with Gasteiger partial charge in [0.05, 0.1) is 7.11 Å². The Labute approximate surface area is 137 Å². The predicted octanol–water partition coefficient (Wildman–Crippen LogP) is 2.75. The van der Waals surface area contributed by atoms with E-state index in [1.165, 1.54) is 5.56 Å². The molecule has 1 unspecified atom stereocenters. The van der Waals surface area contributed by atoms with Crippen molar-refractivity contribution >= 4 is 6.08 Å². The van der Waals surface area contributed by atoms with Crippen LogP contribution in [0.3, 0.4) is 0 Å². The van der Waals surface area contributed by atoms with Gasteiger partial charge in [0.15, 0.2) is 0 Å². The molecule has 1 aromatic heterocycles. The molecular formula is C19H23N3O. The van der Waals surface area contributed by atoms with Crippen molar-refractivity contribution in [2.45, 2.75) is 6.04 Å². The van der Waals surface area contributed by atoms with Crippen LogP contribution in [0.5, 0.6) is 5.75 Å². The minimum atomic E-state index is 0.375. The summed E-state index contributed by atoms with van der Waals surface area (Å²) >= 11 is 0. The summed E-state index contributed by atoms with van der Waals surface area (Å²) in [5, 5.41) is 3.48. The maximum Gasteiger partial charge on any atom is 0.126 e. The second-order valence-electron chi connectivity index (χ2n) is 5.65. The number of aromatic nitrogens is 1. The molecule has 1 saturated heterocycles. The maximum atomic E-state index is 5.40. The number of rotatable bonds is 5. The van der Waals surface area contributed by atoms with Crippen molar-refractivity contribution in [2.75, 3.05) is 33.3 Å². The maximum absolute atomic E-state index is 5.40. The van der Waals surface area contributed by atoms with Gasteiger partial charge in [-0.25, -0.2) is 0 Å². The molecule has 2 aromatic rings. The summed E-state index contributed by atoms with van der Waals surface area (Å²) in [5.41, 5.74) is 2.38. The molecule has 3 rings (SSSR count). The Morgan fingerprint density at radius 2 is 2.22 bits per heavy atom. The van der Waals surface area contributed by atoms with Crippen LogP contribution in [0.1, 0.15) is 17.2 Å². The van der Waals surface area contributed by atoms with Gasteiger partial charge in [0.25, 0.3) is 0 Å². The zero-order chi connectivity index (χ0) is 15.9. The van der Waals surface area contributed by atoms with Gasteiger partial charge in [-0.3, -0.25) is 9.88 Å². The van der Waals surface area contributed by atoms with Crippen LogP contribution in [0.4, 0.5) is 0 Å². The molecule has 0 saturated carbocycles. The molecule has 0 amide bonds. The quantitative estimate of drug-likeness (QED) is 0.921. The molecule has 0 radical (unpaired) electrons. The van der Waals surface area contributed by atoms with Gasteiger partial charge < -0.3 is 10.1 Å². The van der Waals surface area contributed by atoms with Gasteiger partial charge >= 0.3 is 0 Å². The minimum absolute atomic E-state index is 0.375. The summed E-state index contributed by atoms with van der Waals surface area (Å²) in [6.07, 6.45) is 8.15. The van der Waals surface area contributed by atoms with Gasteiger partial charge in [0.1, 0.15) is 5.75 Å². The van der Waals surface area contributed by atoms with Crippen LogP contribution in [0, 0.1) is 0 Å². The largest absolute Gasteiger partial charge is 0.496 e. The van der Waals surface area contributed by atoms with Gasteiger partial charge in [0.2, 0.25) is 0 Å². The van der Waals surface area contributed by atoms with Crippen molar-refractivity contribution in [3.63, 3.8) is 0 Å². The molecule has 1 aromatic carbocycles. The van der Waals surface area contributed by atoms with Crippen molar-refractivity contribution in [1.82, 2.24) is 15.2 Å². The van der Waals surface area contributed by atoms with E-state index in [9.17, 15) is 0 Å². The molecule has 1 fully saturated rings. The predicted molar refractivity (Wildman–Crippen MR) is 93.4 cm³/mol. The van der Waals surface area contributed by atoms with E-state index in [1.54, 1.807) is 7.11 Å². The second-order valence-corrected chi connectivity index (χ2v) is 5.65. The summed E-state index contributed by atoms with van der Waals surface area (Å²) in [6.45, 7) is 3.95. The number of pyridine rings is 1. The van der Waals surface area contributed by atoms with E-state index in [2.05, 4.69) is 39.5 Å². The van der Waals surface area contributed by atoms with Gasteiger partial charge in [-0.05, 0) is 17.7 Å². The topological polar surface area (TPSA) is 37.4 Å². The first kappa shape index (κ1) is 15.7. The third kappa shape index (κ3) is 3.97. The first-order valence-electron chi connectivity index (χ1n) is 8.03. The molecule has 120 valence electrons. The van der Waals surface area contributed by atoms with Crippen LogP contribution in [0.25, 0.3) is 6.08 Å². The minimum Gasteiger partial charge on any atom is -0.496 e. The van der Waals surface area contributed by atoms with Crippen molar-refractivity contribution in [3.8, 4) is 5.75 Å². The molecule has 23 heavy (non-hydrogen) atoms. The number of hydrogen-bond donors (Lipinski definition) is 1. The van der Waals surface area contributed by atoms with Gasteiger partial charge in [0, 0.05) is 50.2 Å². The molecule has 0 bridgehead atoms. The molecular weight excluding hydrogens is 286 g/mol. The van der Waals surface area contributed by atoms with E-state index in [0.29, 0.717) is 6.04 Å². The van der Waals surface area contributed by atoms with Crippen LogP contribution in [0.2, 0.25) is 0 Å². The summed E-state index contributed by atoms with van der Waals surface area (Å²) < 4.78 is 5.40. The normalized spacial score (nSPS) is 19.1. The monoisotopic (exact) mass is 309 g/mol. The lowest BCUT2D eigenvalue weighted by Crippen LogP contribution is -2.45. The fraction of sp³-hybridized carbons (Fsp3) is 0.316. The zero-order valence-corrected chi connectivity index (χ0v) is 13.5. The Kier molecular flexibility index (Phi) is 5.40. The average molecular weight is 309 g/mol. The summed E-state index contributed by atoms with van der Waals surface area (Å²) in [5.74, 6) is 0.910. The summed E-state index contributed by atoms with van der Waals surface area (Å²) in [6, 6.07) is 12.6. The highest BCUT2D eigenvalue weighted by molar-refractivity contribution is 5.57. The number of nitrogens with zero attached hydrogens (tertiary/aromatic N) is 2. The van der Waals surface area contributed by atoms with E-state index in [4.69, 9.17) is 4.74 Å². The highest BCUT2D eigenvalue weighted by atomic mass is 16.5. The number of hydrogen-bond acceptors (Lipinski definition) is 4. The number of piperazine rings is 1. The first-order valence-corrected chi connectivity index (χ1v) is 8.03. The standard InChI is InChI=1S/C19H23N3O/c1-23-19-9-3-2-6-16(19)8-5-12-22-13-11-21-15-18(22)17-7-4-10-20-14-17/h2-10,14,18,21H,11-13,15H2,1H3/b8-5+. The Bertz CT molecular complexity index is 642. The van der Waals surface area contributed by atoms with Crippen molar-refractivity contribution < 1.29 is 4.74 Å². The molecule has 4 heteroatoms. The smallest absolute Gasteiger partial charge is 0.126 e. The fourth-order valence-electron chi connectivity index (χ4n) is 2.99. The molecule has 0 spiro atoms. The van der Waals surface area contributed by atoms with E-state index in [1.807, 2.05) is 36.7 Å². The molecule has 4 nitrogen and oxygen atoms in total. The second kappa shape index (κ2) is 7.90. The number of methoxy groups -OCH3 is 1. The summed E-state index contributed by atoms with van der Waals surface area (Å²) in [4.78, 5) is 6.74. The first-order chi connectivity index (χ1) is 11.4. The van der Waals surface area contributed by atoms with Crippen molar-refractivity contribution in [2.24, 2.45) is 0 Å². The molecule has 1 aliphatic heterocycles. The van der Waals surface area contributed by atoms with E-state index in [-0.39, 0.29) is 0 Å². The average Bonchev–Trinajstić information content (AvgIpc) is 2.63. The van der Waals surface area contributed by atoms with Crippen LogP contribution in [0.15, 0.2) is 54.9 Å². The molecule has 1 N–H and O–H groups in total. The Morgan fingerprint density at radius 1 is 1.30 bits per heavy atom. The molecule has 0 aliphatic carbocycles. The van der Waals surface area contributed by atoms with E-state index >= 15 is 0 Å². The number of ether oxygens (including phenoxy) is 1. The third-order valence-electron chi connectivity index (χ3n) is 4.20. The number of nitrogens with one attached hydrogen (secondary N) is 1. The van der Waals surface area contributed by atoms with Gasteiger partial charge in [-0.15, -0.1) is 0 Å². The van der Waals surface area contributed by atoms with Crippen LogP contribution in [-0.4, -0.2) is 43.2 Å². The Hall–Kier alpha value is -2.17. The van der Waals surface area contributed by atoms with Crippen LogP contribution < -0.4 is 10.1 Å². The highest BCUT2D eigenvalue weighted by Crippen LogP contribution is 2.22. The van der Waals surface area contributed by atoms with Gasteiger partial charge in [-0.1, -0.05) is 36.4 Å². The van der Waals surface area contributed by atoms with Crippen molar-refractivity contribution in [3.05, 3.63) is 66.0 Å². The third-order valence-corrected chi connectivity index (χ3v) is 4.20. The molecule has 1 aliphatic rings.